The van der Waals surface area contributed by atoms with Crippen molar-refractivity contribution in [1.82, 2.24) is 19.8 Å². The molecule has 0 spiro atoms. The van der Waals surface area contributed by atoms with Gasteiger partial charge in [-0.05, 0) is 38.0 Å². The van der Waals surface area contributed by atoms with Crippen LogP contribution >= 0.6 is 0 Å². The number of benzene rings is 1. The van der Waals surface area contributed by atoms with Gasteiger partial charge in [0.05, 0.1) is 18.9 Å². The standard InChI is InChI=1S/C24H33N5O3/c1-18-26-21(16-22(25)27-18)24(2)7-4-8-29(17-24)23(30)19-5-3-6-20(15-19)32-14-11-28-9-12-31-13-10-28/h3,5-6,15-16H,4,7-14,17H2,1-2H3,(H2,25,26,27)/t24-/m0/s1. The van der Waals surface area contributed by atoms with E-state index in [1.165, 1.54) is 0 Å². The highest BCUT2D eigenvalue weighted by molar-refractivity contribution is 5.94. The summed E-state index contributed by atoms with van der Waals surface area (Å²) in [4.78, 5) is 26.4. The van der Waals surface area contributed by atoms with E-state index in [2.05, 4.69) is 21.8 Å². The summed E-state index contributed by atoms with van der Waals surface area (Å²) < 4.78 is 11.3. The number of rotatable bonds is 6. The summed E-state index contributed by atoms with van der Waals surface area (Å²) in [7, 11) is 0. The zero-order valence-electron chi connectivity index (χ0n) is 19.0. The number of anilines is 1. The van der Waals surface area contributed by atoms with Gasteiger partial charge in [0.1, 0.15) is 24.0 Å². The van der Waals surface area contributed by atoms with Gasteiger partial charge in [0, 0.05) is 49.8 Å². The molecule has 0 bridgehead atoms. The fourth-order valence-corrected chi connectivity index (χ4v) is 4.54. The summed E-state index contributed by atoms with van der Waals surface area (Å²) in [5, 5.41) is 0. The molecule has 2 fully saturated rings. The molecule has 8 nitrogen and oxygen atoms in total. The van der Waals surface area contributed by atoms with Gasteiger partial charge in [-0.15, -0.1) is 0 Å². The normalized spacial score (nSPS) is 22.0. The van der Waals surface area contributed by atoms with Crippen molar-refractivity contribution in [3.63, 3.8) is 0 Å². The fourth-order valence-electron chi connectivity index (χ4n) is 4.54. The molecule has 0 unspecified atom stereocenters. The Bertz CT molecular complexity index is 927. The van der Waals surface area contributed by atoms with Crippen molar-refractivity contribution < 1.29 is 14.3 Å². The third kappa shape index (κ3) is 5.37. The molecule has 2 saturated heterocycles. The number of aromatic nitrogens is 2. The molecule has 2 aromatic rings. The fraction of sp³-hybridized carbons (Fsp3) is 0.542. The molecular weight excluding hydrogens is 406 g/mol. The van der Waals surface area contributed by atoms with Gasteiger partial charge in [-0.1, -0.05) is 13.0 Å². The maximum atomic E-state index is 13.3. The average molecular weight is 440 g/mol. The van der Waals surface area contributed by atoms with Gasteiger partial charge in [-0.3, -0.25) is 9.69 Å². The Labute approximate surface area is 189 Å². The van der Waals surface area contributed by atoms with Crippen LogP contribution in [-0.4, -0.2) is 78.2 Å². The monoisotopic (exact) mass is 439 g/mol. The number of likely N-dealkylation sites (tertiary alicyclic amines) is 1. The van der Waals surface area contributed by atoms with Crippen molar-refractivity contribution >= 4 is 11.7 Å². The number of piperidine rings is 1. The molecule has 2 N–H and O–H groups in total. The van der Waals surface area contributed by atoms with Gasteiger partial charge in [-0.25, -0.2) is 9.97 Å². The predicted octanol–water partition coefficient (Wildman–Crippen LogP) is 2.27. The van der Waals surface area contributed by atoms with Crippen molar-refractivity contribution in [3.05, 3.63) is 47.4 Å². The van der Waals surface area contributed by atoms with Crippen LogP contribution in [0.2, 0.25) is 0 Å². The Morgan fingerprint density at radius 2 is 2.03 bits per heavy atom. The van der Waals surface area contributed by atoms with E-state index in [9.17, 15) is 4.79 Å². The highest BCUT2D eigenvalue weighted by Gasteiger charge is 2.36. The van der Waals surface area contributed by atoms with Crippen molar-refractivity contribution in [1.29, 1.82) is 0 Å². The van der Waals surface area contributed by atoms with Gasteiger partial charge >= 0.3 is 0 Å². The smallest absolute Gasteiger partial charge is 0.254 e. The minimum absolute atomic E-state index is 0.0216. The summed E-state index contributed by atoms with van der Waals surface area (Å²) in [6.07, 6.45) is 1.87. The molecule has 1 aromatic carbocycles. The minimum atomic E-state index is -0.248. The van der Waals surface area contributed by atoms with Gasteiger partial charge in [0.2, 0.25) is 0 Å². The van der Waals surface area contributed by atoms with Crippen LogP contribution in [0.15, 0.2) is 30.3 Å². The number of aryl methyl sites for hydroxylation is 1. The maximum Gasteiger partial charge on any atom is 0.254 e. The first-order valence-electron chi connectivity index (χ1n) is 11.4. The average Bonchev–Trinajstić information content (AvgIpc) is 2.79. The van der Waals surface area contributed by atoms with Crippen molar-refractivity contribution in [2.45, 2.75) is 32.1 Å². The molecular formula is C24H33N5O3. The van der Waals surface area contributed by atoms with Crippen LogP contribution in [-0.2, 0) is 10.2 Å². The molecule has 4 rings (SSSR count). The Morgan fingerprint density at radius 1 is 1.22 bits per heavy atom. The molecule has 1 aromatic heterocycles. The molecule has 0 aliphatic carbocycles. The second kappa shape index (κ2) is 9.83. The summed E-state index contributed by atoms with van der Waals surface area (Å²) in [5.74, 6) is 1.88. The number of carbonyl (C=O) groups excluding carboxylic acids is 1. The first-order chi connectivity index (χ1) is 15.4. The number of ether oxygens (including phenoxy) is 2. The lowest BCUT2D eigenvalue weighted by Crippen LogP contribution is -2.47. The SMILES string of the molecule is Cc1nc(N)cc([C@@]2(C)CCCN(C(=O)c3cccc(OCCN4CCOCC4)c3)C2)n1. The molecule has 2 aliphatic rings. The number of nitrogens with zero attached hydrogens (tertiary/aromatic N) is 4. The second-order valence-corrected chi connectivity index (χ2v) is 8.95. The predicted molar refractivity (Wildman–Crippen MR) is 123 cm³/mol. The largest absolute Gasteiger partial charge is 0.492 e. The summed E-state index contributed by atoms with van der Waals surface area (Å²) in [6.45, 7) is 10.2. The molecule has 2 aliphatic heterocycles. The Kier molecular flexibility index (Phi) is 6.91. The van der Waals surface area contributed by atoms with E-state index < -0.39 is 0 Å². The summed E-state index contributed by atoms with van der Waals surface area (Å²) in [6, 6.07) is 9.33. The zero-order chi connectivity index (χ0) is 22.6. The van der Waals surface area contributed by atoms with E-state index in [-0.39, 0.29) is 11.3 Å². The molecule has 0 radical (unpaired) electrons. The van der Waals surface area contributed by atoms with E-state index in [1.807, 2.05) is 42.2 Å². The topological polar surface area (TPSA) is 93.8 Å². The Balaban J connectivity index is 1.40. The molecule has 8 heteroatoms. The number of hydrogen-bond donors (Lipinski definition) is 1. The van der Waals surface area contributed by atoms with Crippen LogP contribution in [0.3, 0.4) is 0 Å². The van der Waals surface area contributed by atoms with Crippen LogP contribution < -0.4 is 10.5 Å². The van der Waals surface area contributed by atoms with E-state index in [0.29, 0.717) is 30.4 Å². The number of nitrogens with two attached hydrogens (primary N) is 1. The lowest BCUT2D eigenvalue weighted by Gasteiger charge is -2.40. The van der Waals surface area contributed by atoms with Crippen LogP contribution in [0, 0.1) is 6.92 Å². The second-order valence-electron chi connectivity index (χ2n) is 8.95. The quantitative estimate of drug-likeness (QED) is 0.738. The maximum absolute atomic E-state index is 13.3. The van der Waals surface area contributed by atoms with Crippen molar-refractivity contribution in [3.8, 4) is 5.75 Å². The van der Waals surface area contributed by atoms with E-state index in [0.717, 1.165) is 63.7 Å². The van der Waals surface area contributed by atoms with Gasteiger partial charge in [0.25, 0.3) is 5.91 Å². The lowest BCUT2D eigenvalue weighted by molar-refractivity contribution is 0.0322. The van der Waals surface area contributed by atoms with Crippen LogP contribution in [0.1, 0.15) is 41.6 Å². The highest BCUT2D eigenvalue weighted by atomic mass is 16.5. The number of amides is 1. The Morgan fingerprint density at radius 3 is 2.81 bits per heavy atom. The number of morpholine rings is 1. The number of hydrogen-bond acceptors (Lipinski definition) is 7. The third-order valence-corrected chi connectivity index (χ3v) is 6.32. The van der Waals surface area contributed by atoms with E-state index in [1.54, 1.807) is 0 Å². The number of nitrogen functional groups attached to an aromatic ring is 1. The van der Waals surface area contributed by atoms with E-state index >= 15 is 0 Å². The summed E-state index contributed by atoms with van der Waals surface area (Å²) >= 11 is 0. The van der Waals surface area contributed by atoms with E-state index in [4.69, 9.17) is 15.2 Å². The highest BCUT2D eigenvalue weighted by Crippen LogP contribution is 2.34. The molecule has 32 heavy (non-hydrogen) atoms. The lowest BCUT2D eigenvalue weighted by atomic mass is 9.78. The third-order valence-electron chi connectivity index (χ3n) is 6.32. The molecule has 1 atom stereocenters. The molecule has 1 amide bonds. The van der Waals surface area contributed by atoms with Crippen LogP contribution in [0.4, 0.5) is 5.82 Å². The first-order valence-corrected chi connectivity index (χ1v) is 11.4. The van der Waals surface area contributed by atoms with Gasteiger partial charge in [-0.2, -0.15) is 0 Å². The molecule has 3 heterocycles. The Hall–Kier alpha value is -2.71. The summed E-state index contributed by atoms with van der Waals surface area (Å²) in [5.41, 5.74) is 7.26. The van der Waals surface area contributed by atoms with Gasteiger partial charge < -0.3 is 20.1 Å². The van der Waals surface area contributed by atoms with Crippen molar-refractivity contribution in [2.24, 2.45) is 0 Å². The molecule has 0 saturated carbocycles. The zero-order valence-corrected chi connectivity index (χ0v) is 19.0. The first kappa shape index (κ1) is 22.5. The molecule has 172 valence electrons. The van der Waals surface area contributed by atoms with Gasteiger partial charge in [0.15, 0.2) is 0 Å². The van der Waals surface area contributed by atoms with Crippen LogP contribution in [0.25, 0.3) is 0 Å². The van der Waals surface area contributed by atoms with Crippen molar-refractivity contribution in [2.75, 3.05) is 58.3 Å². The van der Waals surface area contributed by atoms with Crippen LogP contribution in [0.5, 0.6) is 5.75 Å². The minimum Gasteiger partial charge on any atom is -0.492 e. The number of carbonyl (C=O) groups is 1.